The van der Waals surface area contributed by atoms with Crippen LogP contribution in [0, 0.1) is 0 Å². The van der Waals surface area contributed by atoms with Crippen molar-refractivity contribution in [3.63, 3.8) is 0 Å². The summed E-state index contributed by atoms with van der Waals surface area (Å²) >= 11 is 0. The van der Waals surface area contributed by atoms with E-state index in [1.54, 1.807) is 0 Å². The van der Waals surface area contributed by atoms with E-state index in [0.29, 0.717) is 0 Å². The number of allylic oxidation sites excluding steroid dienone is 4. The molecule has 0 saturated carbocycles. The van der Waals surface area contributed by atoms with Crippen LogP contribution in [0.25, 0.3) is 5.57 Å². The number of hydrogen-bond donors (Lipinski definition) is 1. The zero-order chi connectivity index (χ0) is 11.8. The van der Waals surface area contributed by atoms with Gasteiger partial charge in [-0.15, -0.1) is 0 Å². The van der Waals surface area contributed by atoms with Gasteiger partial charge in [0, 0.05) is 0 Å². The van der Waals surface area contributed by atoms with Gasteiger partial charge in [0.1, 0.15) is 0 Å². The van der Waals surface area contributed by atoms with Gasteiger partial charge in [0.15, 0.2) is 0 Å². The van der Waals surface area contributed by atoms with E-state index in [-0.39, 0.29) is 46.5 Å². The minimum atomic E-state index is -0.785. The van der Waals surface area contributed by atoms with Gasteiger partial charge in [0.25, 0.3) is 0 Å². The van der Waals surface area contributed by atoms with Crippen molar-refractivity contribution >= 4 is 5.57 Å². The average Bonchev–Trinajstić information content (AvgIpc) is 2.63. The maximum Gasteiger partial charge on any atom is 2.00 e. The molecule has 1 N–H and O–H groups in total. The van der Waals surface area contributed by atoms with Crippen LogP contribution in [-0.4, -0.2) is 5.11 Å². The van der Waals surface area contributed by atoms with Crippen LogP contribution in [0.4, 0.5) is 0 Å². The first kappa shape index (κ1) is 21.3. The summed E-state index contributed by atoms with van der Waals surface area (Å²) in [6.07, 6.45) is 5.29. The van der Waals surface area contributed by atoms with E-state index in [0.717, 1.165) is 12.0 Å². The van der Waals surface area contributed by atoms with Crippen molar-refractivity contribution in [3.8, 4) is 0 Å². The molecule has 102 valence electrons. The average molecular weight is 333 g/mol. The Morgan fingerprint density at radius 1 is 1.11 bits per heavy atom. The first-order valence-corrected chi connectivity index (χ1v) is 5.68. The summed E-state index contributed by atoms with van der Waals surface area (Å²) in [5, 5.41) is 10.2. The molecule has 0 atom stereocenters. The molecule has 1 aliphatic rings. The van der Waals surface area contributed by atoms with Crippen LogP contribution in [0.3, 0.4) is 0 Å². The molecular formula is C15H18Cl2OTi. The number of hydrogen-bond acceptors (Lipinski definition) is 1. The van der Waals surface area contributed by atoms with Crippen LogP contribution in [0.5, 0.6) is 0 Å². The minimum Gasteiger partial charge on any atom is -1.00 e. The molecule has 0 amide bonds. The molecule has 0 unspecified atom stereocenters. The van der Waals surface area contributed by atoms with Crippen molar-refractivity contribution in [2.75, 3.05) is 0 Å². The molecule has 2 rings (SSSR count). The molecule has 4 heteroatoms. The van der Waals surface area contributed by atoms with Crippen LogP contribution >= 0.6 is 0 Å². The summed E-state index contributed by atoms with van der Waals surface area (Å²) in [5.74, 6) is 0. The standard InChI is InChI=1S/C15H18O.2ClH.Ti/c1-11-7-6-9-12(11)13-8-4-5-10-14(13)15(2,3)16;;;/h4-8,10,16H,9H2,1-3H3;2*1H;/q;;;+2/p-2. The smallest absolute Gasteiger partial charge is 1.00 e. The number of halogens is 2. The summed E-state index contributed by atoms with van der Waals surface area (Å²) in [6.45, 7) is 5.80. The molecule has 0 radical (unpaired) electrons. The van der Waals surface area contributed by atoms with Crippen molar-refractivity contribution in [1.29, 1.82) is 0 Å². The molecule has 19 heavy (non-hydrogen) atoms. The number of benzene rings is 1. The van der Waals surface area contributed by atoms with Crippen molar-refractivity contribution in [3.05, 3.63) is 53.1 Å². The summed E-state index contributed by atoms with van der Waals surface area (Å²) < 4.78 is 0. The Morgan fingerprint density at radius 2 is 1.68 bits per heavy atom. The van der Waals surface area contributed by atoms with Gasteiger partial charge in [-0.1, -0.05) is 36.4 Å². The van der Waals surface area contributed by atoms with Crippen molar-refractivity contribution in [2.24, 2.45) is 0 Å². The van der Waals surface area contributed by atoms with E-state index < -0.39 is 5.60 Å². The Bertz CT molecular complexity index is 473. The summed E-state index contributed by atoms with van der Waals surface area (Å²) in [7, 11) is 0. The fraction of sp³-hybridized carbons (Fsp3) is 0.333. The fourth-order valence-corrected chi connectivity index (χ4v) is 2.22. The monoisotopic (exact) mass is 332 g/mol. The molecule has 0 fully saturated rings. The Morgan fingerprint density at radius 3 is 2.16 bits per heavy atom. The second kappa shape index (κ2) is 8.29. The van der Waals surface area contributed by atoms with Gasteiger partial charge in [-0.2, -0.15) is 0 Å². The molecule has 0 aromatic heterocycles. The van der Waals surface area contributed by atoms with E-state index >= 15 is 0 Å². The zero-order valence-corrected chi connectivity index (χ0v) is 14.4. The Labute approximate surface area is 142 Å². The van der Waals surface area contributed by atoms with Crippen molar-refractivity contribution in [2.45, 2.75) is 32.8 Å². The van der Waals surface area contributed by atoms with Gasteiger partial charge in [-0.25, -0.2) is 0 Å². The second-order valence-corrected chi connectivity index (χ2v) is 4.87. The largest absolute Gasteiger partial charge is 2.00 e. The first-order chi connectivity index (χ1) is 7.50. The molecule has 0 bridgehead atoms. The number of rotatable bonds is 2. The van der Waals surface area contributed by atoms with E-state index in [9.17, 15) is 5.11 Å². The fourth-order valence-electron chi connectivity index (χ4n) is 2.22. The molecule has 0 aliphatic heterocycles. The topological polar surface area (TPSA) is 20.2 Å². The van der Waals surface area contributed by atoms with Crippen molar-refractivity contribution < 1.29 is 51.6 Å². The van der Waals surface area contributed by atoms with E-state index in [2.05, 4.69) is 25.1 Å². The van der Waals surface area contributed by atoms with Crippen molar-refractivity contribution in [1.82, 2.24) is 0 Å². The van der Waals surface area contributed by atoms with Gasteiger partial charge in [-0.3, -0.25) is 0 Å². The van der Waals surface area contributed by atoms with Gasteiger partial charge in [0.05, 0.1) is 5.60 Å². The van der Waals surface area contributed by atoms with Crippen LogP contribution in [0.15, 0.2) is 42.0 Å². The molecule has 0 saturated heterocycles. The van der Waals surface area contributed by atoms with Gasteiger partial charge in [-0.05, 0) is 49.5 Å². The van der Waals surface area contributed by atoms with Gasteiger partial charge >= 0.3 is 21.7 Å². The molecular weight excluding hydrogens is 315 g/mol. The summed E-state index contributed by atoms with van der Waals surface area (Å²) in [6, 6.07) is 8.12. The van der Waals surface area contributed by atoms with Gasteiger partial charge in [0.2, 0.25) is 0 Å². The van der Waals surface area contributed by atoms with E-state index in [4.69, 9.17) is 0 Å². The first-order valence-electron chi connectivity index (χ1n) is 5.68. The quantitative estimate of drug-likeness (QED) is 0.602. The van der Waals surface area contributed by atoms with Crippen LogP contribution in [-0.2, 0) is 27.3 Å². The SMILES string of the molecule is CC1=C(c2ccccc2C(C)(C)O)CC=C1.[Cl-].[Cl-].[Ti+2]. The molecule has 1 aliphatic carbocycles. The minimum absolute atomic E-state index is 0. The normalized spacial score (nSPS) is 13.5. The van der Waals surface area contributed by atoms with Crippen LogP contribution < -0.4 is 24.8 Å². The Balaban J connectivity index is 0. The second-order valence-electron chi connectivity index (χ2n) is 4.87. The Hall–Kier alpha value is -0.0457. The third-order valence-corrected chi connectivity index (χ3v) is 3.08. The van der Waals surface area contributed by atoms with Crippen LogP contribution in [0.2, 0.25) is 0 Å². The molecule has 1 aromatic carbocycles. The van der Waals surface area contributed by atoms with E-state index in [1.165, 1.54) is 16.7 Å². The zero-order valence-electron chi connectivity index (χ0n) is 11.4. The Kier molecular flexibility index (Phi) is 9.27. The predicted molar refractivity (Wildman–Crippen MR) is 68.0 cm³/mol. The summed E-state index contributed by atoms with van der Waals surface area (Å²) in [5.41, 5.74) is 4.03. The molecule has 1 aromatic rings. The maximum atomic E-state index is 10.2. The number of aliphatic hydroxyl groups is 1. The van der Waals surface area contributed by atoms with E-state index in [1.807, 2.05) is 32.0 Å². The molecule has 0 heterocycles. The maximum absolute atomic E-state index is 10.2. The van der Waals surface area contributed by atoms with Crippen LogP contribution in [0.1, 0.15) is 38.3 Å². The predicted octanol–water partition coefficient (Wildman–Crippen LogP) is -2.35. The molecule has 1 nitrogen and oxygen atoms in total. The third-order valence-electron chi connectivity index (χ3n) is 3.08. The van der Waals surface area contributed by atoms with Gasteiger partial charge < -0.3 is 29.9 Å². The third kappa shape index (κ3) is 4.77. The molecule has 0 spiro atoms. The summed E-state index contributed by atoms with van der Waals surface area (Å²) in [4.78, 5) is 0.